The maximum atomic E-state index is 11.5. The van der Waals surface area contributed by atoms with Gasteiger partial charge >= 0.3 is 5.97 Å². The van der Waals surface area contributed by atoms with Crippen LogP contribution in [-0.4, -0.2) is 25.7 Å². The Hall–Kier alpha value is -1.07. The normalized spacial score (nSPS) is 10.3. The Morgan fingerprint density at radius 3 is 2.89 bits per heavy atom. The third-order valence-corrected chi connectivity index (χ3v) is 3.18. The van der Waals surface area contributed by atoms with Crippen molar-refractivity contribution < 1.29 is 14.3 Å². The lowest BCUT2D eigenvalue weighted by Gasteiger charge is -2.12. The van der Waals surface area contributed by atoms with Gasteiger partial charge in [0, 0.05) is 0 Å². The van der Waals surface area contributed by atoms with Crippen LogP contribution in [0.15, 0.2) is 22.7 Å². The molecular formula is C14H20BrNO3. The molecule has 0 fully saturated rings. The van der Waals surface area contributed by atoms with Crippen molar-refractivity contribution in [2.45, 2.75) is 26.2 Å². The highest BCUT2D eigenvalue weighted by molar-refractivity contribution is 9.10. The molecule has 0 radical (unpaired) electrons. The predicted molar refractivity (Wildman–Crippen MR) is 78.3 cm³/mol. The summed E-state index contributed by atoms with van der Waals surface area (Å²) in [5.74, 6) is 0.322. The van der Waals surface area contributed by atoms with Crippen LogP contribution in [0.5, 0.6) is 5.75 Å². The molecular weight excluding hydrogens is 310 g/mol. The van der Waals surface area contributed by atoms with Gasteiger partial charge in [0.15, 0.2) is 6.61 Å². The van der Waals surface area contributed by atoms with E-state index in [2.05, 4.69) is 15.9 Å². The number of rotatable bonds is 8. The number of esters is 1. The van der Waals surface area contributed by atoms with Crippen molar-refractivity contribution in [1.29, 1.82) is 0 Å². The van der Waals surface area contributed by atoms with E-state index in [0.29, 0.717) is 25.3 Å². The predicted octanol–water partition coefficient (Wildman–Crippen LogP) is 2.67. The molecule has 1 rings (SSSR count). The zero-order valence-electron chi connectivity index (χ0n) is 11.2. The Bertz CT molecular complexity index is 410. The molecule has 0 aliphatic rings. The van der Waals surface area contributed by atoms with Crippen molar-refractivity contribution >= 4 is 21.9 Å². The molecule has 0 bridgehead atoms. The van der Waals surface area contributed by atoms with Gasteiger partial charge in [0.05, 0.1) is 11.1 Å². The minimum atomic E-state index is -0.345. The van der Waals surface area contributed by atoms with Crippen LogP contribution in [0.4, 0.5) is 0 Å². The zero-order valence-corrected chi connectivity index (χ0v) is 12.7. The molecule has 0 aliphatic carbocycles. The number of unbranched alkanes of at least 4 members (excludes halogenated alkanes) is 1. The number of nitrogens with two attached hydrogens (primary N) is 1. The molecule has 0 aromatic heterocycles. The average Bonchev–Trinajstić information content (AvgIpc) is 2.39. The first kappa shape index (κ1) is 16.0. The van der Waals surface area contributed by atoms with E-state index in [1.54, 1.807) is 0 Å². The van der Waals surface area contributed by atoms with Gasteiger partial charge in [0.2, 0.25) is 0 Å². The Kier molecular flexibility index (Phi) is 7.52. The summed E-state index contributed by atoms with van der Waals surface area (Å²) in [4.78, 5) is 11.5. The van der Waals surface area contributed by atoms with E-state index >= 15 is 0 Å². The van der Waals surface area contributed by atoms with Crippen LogP contribution in [0.2, 0.25) is 0 Å². The minimum Gasteiger partial charge on any atom is -0.480 e. The zero-order chi connectivity index (χ0) is 14.1. The highest BCUT2D eigenvalue weighted by atomic mass is 79.9. The van der Waals surface area contributed by atoms with Crippen LogP contribution in [0, 0.1) is 0 Å². The molecule has 0 saturated carbocycles. The smallest absolute Gasteiger partial charge is 0.344 e. The SMILES string of the molecule is CCCCOC(=O)COc1c(Br)cccc1CCN. The van der Waals surface area contributed by atoms with Crippen LogP contribution in [0.3, 0.4) is 0 Å². The van der Waals surface area contributed by atoms with Gasteiger partial charge in [-0.1, -0.05) is 25.5 Å². The van der Waals surface area contributed by atoms with Crippen molar-refractivity contribution in [3.05, 3.63) is 28.2 Å². The van der Waals surface area contributed by atoms with Gasteiger partial charge < -0.3 is 15.2 Å². The number of carbonyl (C=O) groups is 1. The summed E-state index contributed by atoms with van der Waals surface area (Å²) in [6, 6.07) is 5.73. The Morgan fingerprint density at radius 1 is 1.42 bits per heavy atom. The molecule has 5 heteroatoms. The van der Waals surface area contributed by atoms with Crippen LogP contribution in [0.25, 0.3) is 0 Å². The quantitative estimate of drug-likeness (QED) is 0.588. The summed E-state index contributed by atoms with van der Waals surface area (Å²) < 4.78 is 11.4. The van der Waals surface area contributed by atoms with E-state index in [1.807, 2.05) is 25.1 Å². The van der Waals surface area contributed by atoms with E-state index < -0.39 is 0 Å². The number of benzene rings is 1. The van der Waals surface area contributed by atoms with E-state index in [0.717, 1.165) is 22.9 Å². The Labute approximate surface area is 122 Å². The van der Waals surface area contributed by atoms with Crippen LogP contribution < -0.4 is 10.5 Å². The molecule has 1 aromatic rings. The highest BCUT2D eigenvalue weighted by Gasteiger charge is 2.10. The fourth-order valence-electron chi connectivity index (χ4n) is 1.57. The van der Waals surface area contributed by atoms with Gasteiger partial charge in [-0.15, -0.1) is 0 Å². The van der Waals surface area contributed by atoms with Crippen molar-refractivity contribution in [2.75, 3.05) is 19.8 Å². The lowest BCUT2D eigenvalue weighted by atomic mass is 10.1. The maximum absolute atomic E-state index is 11.5. The van der Waals surface area contributed by atoms with E-state index in [9.17, 15) is 4.79 Å². The summed E-state index contributed by atoms with van der Waals surface area (Å²) in [5.41, 5.74) is 6.54. The van der Waals surface area contributed by atoms with Crippen LogP contribution in [0.1, 0.15) is 25.3 Å². The van der Waals surface area contributed by atoms with E-state index in [-0.39, 0.29) is 12.6 Å². The van der Waals surface area contributed by atoms with Crippen molar-refractivity contribution in [2.24, 2.45) is 5.73 Å². The standard InChI is InChI=1S/C14H20BrNO3/c1-2-3-9-18-13(17)10-19-14-11(7-8-16)5-4-6-12(14)15/h4-6H,2-3,7-10,16H2,1H3. The van der Waals surface area contributed by atoms with Gasteiger partial charge in [0.1, 0.15) is 5.75 Å². The van der Waals surface area contributed by atoms with Crippen molar-refractivity contribution in [1.82, 2.24) is 0 Å². The summed E-state index contributed by atoms with van der Waals surface area (Å²) in [7, 11) is 0. The number of hydrogen-bond acceptors (Lipinski definition) is 4. The topological polar surface area (TPSA) is 61.5 Å². The monoisotopic (exact) mass is 329 g/mol. The summed E-state index contributed by atoms with van der Waals surface area (Å²) in [5, 5.41) is 0. The van der Waals surface area contributed by atoms with Crippen molar-refractivity contribution in [3.63, 3.8) is 0 Å². The molecule has 0 amide bonds. The van der Waals surface area contributed by atoms with Gasteiger partial charge in [0.25, 0.3) is 0 Å². The molecule has 0 unspecified atom stereocenters. The summed E-state index contributed by atoms with van der Waals surface area (Å²) >= 11 is 3.41. The van der Waals surface area contributed by atoms with Gasteiger partial charge in [-0.3, -0.25) is 0 Å². The molecule has 19 heavy (non-hydrogen) atoms. The third-order valence-electron chi connectivity index (χ3n) is 2.56. The summed E-state index contributed by atoms with van der Waals surface area (Å²) in [6.07, 6.45) is 2.58. The molecule has 0 spiro atoms. The molecule has 4 nitrogen and oxygen atoms in total. The number of para-hydroxylation sites is 1. The first-order valence-electron chi connectivity index (χ1n) is 6.45. The Morgan fingerprint density at radius 2 is 2.21 bits per heavy atom. The second kappa shape index (κ2) is 8.93. The lowest BCUT2D eigenvalue weighted by Crippen LogP contribution is -2.16. The number of ether oxygens (including phenoxy) is 2. The molecule has 0 atom stereocenters. The summed E-state index contributed by atoms with van der Waals surface area (Å²) in [6.45, 7) is 2.95. The highest BCUT2D eigenvalue weighted by Crippen LogP contribution is 2.29. The van der Waals surface area contributed by atoms with Crippen LogP contribution in [-0.2, 0) is 16.0 Å². The number of carbonyl (C=O) groups excluding carboxylic acids is 1. The van der Waals surface area contributed by atoms with Gasteiger partial charge in [-0.2, -0.15) is 0 Å². The first-order valence-corrected chi connectivity index (χ1v) is 7.24. The fraction of sp³-hybridized carbons (Fsp3) is 0.500. The van der Waals surface area contributed by atoms with Gasteiger partial charge in [-0.05, 0) is 46.9 Å². The van der Waals surface area contributed by atoms with E-state index in [1.165, 1.54) is 0 Å². The molecule has 0 aliphatic heterocycles. The van der Waals surface area contributed by atoms with Crippen LogP contribution >= 0.6 is 15.9 Å². The van der Waals surface area contributed by atoms with Crippen molar-refractivity contribution in [3.8, 4) is 5.75 Å². The largest absolute Gasteiger partial charge is 0.480 e. The molecule has 2 N–H and O–H groups in total. The first-order chi connectivity index (χ1) is 9.19. The molecule has 0 heterocycles. The number of halogens is 1. The number of hydrogen-bond donors (Lipinski definition) is 1. The lowest BCUT2D eigenvalue weighted by molar-refractivity contribution is -0.146. The third kappa shape index (κ3) is 5.61. The van der Waals surface area contributed by atoms with E-state index in [4.69, 9.17) is 15.2 Å². The van der Waals surface area contributed by atoms with Gasteiger partial charge in [-0.25, -0.2) is 4.79 Å². The Balaban J connectivity index is 2.54. The average molecular weight is 330 g/mol. The maximum Gasteiger partial charge on any atom is 0.344 e. The minimum absolute atomic E-state index is 0.0795. The molecule has 0 saturated heterocycles. The molecule has 1 aromatic carbocycles. The second-order valence-electron chi connectivity index (χ2n) is 4.13. The fourth-order valence-corrected chi connectivity index (χ4v) is 2.09. The second-order valence-corrected chi connectivity index (χ2v) is 4.98. The molecule has 106 valence electrons.